The molecule has 1 atom stereocenters. The van der Waals surface area contributed by atoms with E-state index in [1.807, 2.05) is 26.0 Å². The number of rotatable bonds is 4. The second-order valence-electron chi connectivity index (χ2n) is 2.71. The van der Waals surface area contributed by atoms with Gasteiger partial charge in [-0.3, -0.25) is 5.32 Å². The van der Waals surface area contributed by atoms with Crippen molar-refractivity contribution in [2.24, 2.45) is 0 Å². The van der Waals surface area contributed by atoms with Gasteiger partial charge in [0.05, 0.1) is 12.0 Å². The fourth-order valence-corrected chi connectivity index (χ4v) is 1.04. The largest absolute Gasteiger partial charge is 0.508 e. The van der Waals surface area contributed by atoms with Gasteiger partial charge in [-0.15, -0.1) is 0 Å². The SMILES string of the molecule is CC.OCC(S)NCc1ccccc1O. The van der Waals surface area contributed by atoms with Crippen LogP contribution >= 0.6 is 12.6 Å². The molecule has 0 fully saturated rings. The lowest BCUT2D eigenvalue weighted by atomic mass is 10.2. The summed E-state index contributed by atoms with van der Waals surface area (Å²) in [7, 11) is 0. The molecule has 3 nitrogen and oxygen atoms in total. The van der Waals surface area contributed by atoms with Gasteiger partial charge >= 0.3 is 0 Å². The Morgan fingerprint density at radius 2 is 1.93 bits per heavy atom. The Bertz CT molecular complexity index is 269. The second kappa shape index (κ2) is 8.59. The third-order valence-electron chi connectivity index (χ3n) is 1.69. The highest BCUT2D eigenvalue weighted by atomic mass is 32.1. The smallest absolute Gasteiger partial charge is 0.120 e. The van der Waals surface area contributed by atoms with E-state index in [4.69, 9.17) is 5.11 Å². The number of phenolic OH excluding ortho intramolecular Hbond substituents is 1. The first-order valence-corrected chi connectivity index (χ1v) is 5.55. The van der Waals surface area contributed by atoms with Gasteiger partial charge in [-0.25, -0.2) is 0 Å². The molecule has 86 valence electrons. The first-order chi connectivity index (χ1) is 7.24. The summed E-state index contributed by atoms with van der Waals surface area (Å²) in [5.41, 5.74) is 0.801. The minimum atomic E-state index is -0.250. The first kappa shape index (κ1) is 14.3. The average molecular weight is 229 g/mol. The number of nitrogens with one attached hydrogen (secondary N) is 1. The van der Waals surface area contributed by atoms with Crippen LogP contribution in [0, 0.1) is 0 Å². The van der Waals surface area contributed by atoms with Crippen LogP contribution in [-0.2, 0) is 6.54 Å². The van der Waals surface area contributed by atoms with E-state index in [-0.39, 0.29) is 17.7 Å². The van der Waals surface area contributed by atoms with Crippen molar-refractivity contribution in [3.63, 3.8) is 0 Å². The number of aliphatic hydroxyl groups excluding tert-OH is 1. The molecule has 0 radical (unpaired) electrons. The fourth-order valence-electron chi connectivity index (χ4n) is 0.953. The van der Waals surface area contributed by atoms with E-state index in [9.17, 15) is 5.11 Å². The van der Waals surface area contributed by atoms with E-state index in [0.29, 0.717) is 6.54 Å². The lowest BCUT2D eigenvalue weighted by Crippen LogP contribution is -2.26. The summed E-state index contributed by atoms with van der Waals surface area (Å²) in [6.07, 6.45) is 0. The molecule has 0 spiro atoms. The molecule has 0 amide bonds. The zero-order valence-corrected chi connectivity index (χ0v) is 10.0. The second-order valence-corrected chi connectivity index (χ2v) is 3.33. The van der Waals surface area contributed by atoms with Crippen LogP contribution in [0.25, 0.3) is 0 Å². The van der Waals surface area contributed by atoms with Crippen molar-refractivity contribution in [1.82, 2.24) is 5.32 Å². The zero-order valence-electron chi connectivity index (χ0n) is 9.14. The van der Waals surface area contributed by atoms with Crippen molar-refractivity contribution < 1.29 is 10.2 Å². The van der Waals surface area contributed by atoms with Crippen LogP contribution in [0.1, 0.15) is 19.4 Å². The Hall–Kier alpha value is -0.710. The number of benzene rings is 1. The quantitative estimate of drug-likeness (QED) is 0.470. The molecular formula is C11H19NO2S. The number of hydrogen-bond acceptors (Lipinski definition) is 4. The Morgan fingerprint density at radius 1 is 1.33 bits per heavy atom. The normalized spacial score (nSPS) is 11.5. The Morgan fingerprint density at radius 3 is 2.47 bits per heavy atom. The first-order valence-electron chi connectivity index (χ1n) is 5.03. The summed E-state index contributed by atoms with van der Waals surface area (Å²) in [4.78, 5) is 0. The summed E-state index contributed by atoms with van der Waals surface area (Å²) < 4.78 is 0. The van der Waals surface area contributed by atoms with Gasteiger partial charge in [-0.2, -0.15) is 12.6 Å². The molecule has 4 heteroatoms. The molecule has 1 unspecified atom stereocenters. The maximum atomic E-state index is 9.37. The Kier molecular flexibility index (Phi) is 8.18. The maximum absolute atomic E-state index is 9.37. The van der Waals surface area contributed by atoms with E-state index in [1.165, 1.54) is 0 Å². The number of aliphatic hydroxyl groups is 1. The summed E-state index contributed by atoms with van der Waals surface area (Å²) >= 11 is 4.05. The summed E-state index contributed by atoms with van der Waals surface area (Å²) in [6, 6.07) is 7.07. The van der Waals surface area contributed by atoms with E-state index in [2.05, 4.69) is 17.9 Å². The molecule has 0 heterocycles. The summed E-state index contributed by atoms with van der Waals surface area (Å²) in [5.74, 6) is 0.258. The number of phenols is 1. The van der Waals surface area contributed by atoms with Gasteiger partial charge in [-0.1, -0.05) is 32.0 Å². The number of para-hydroxylation sites is 1. The number of aromatic hydroxyl groups is 1. The van der Waals surface area contributed by atoms with Gasteiger partial charge in [0.25, 0.3) is 0 Å². The van der Waals surface area contributed by atoms with Crippen molar-refractivity contribution in [1.29, 1.82) is 0 Å². The monoisotopic (exact) mass is 229 g/mol. The lowest BCUT2D eigenvalue weighted by Gasteiger charge is -2.10. The van der Waals surface area contributed by atoms with E-state index >= 15 is 0 Å². The molecule has 0 bridgehead atoms. The molecule has 1 aromatic carbocycles. The molecule has 0 saturated carbocycles. The third kappa shape index (κ3) is 5.67. The third-order valence-corrected chi connectivity index (χ3v) is 2.04. The van der Waals surface area contributed by atoms with Gasteiger partial charge in [-0.05, 0) is 6.07 Å². The van der Waals surface area contributed by atoms with Gasteiger partial charge in [0.2, 0.25) is 0 Å². The molecule has 0 aliphatic heterocycles. The average Bonchev–Trinajstić information content (AvgIpc) is 2.30. The van der Waals surface area contributed by atoms with Crippen molar-refractivity contribution in [3.8, 4) is 5.75 Å². The fraction of sp³-hybridized carbons (Fsp3) is 0.455. The summed E-state index contributed by atoms with van der Waals surface area (Å²) in [6.45, 7) is 4.47. The molecule has 0 saturated heterocycles. The van der Waals surface area contributed by atoms with Crippen molar-refractivity contribution in [2.45, 2.75) is 25.8 Å². The van der Waals surface area contributed by atoms with Gasteiger partial charge < -0.3 is 10.2 Å². The molecular weight excluding hydrogens is 210 g/mol. The topological polar surface area (TPSA) is 52.5 Å². The van der Waals surface area contributed by atoms with Gasteiger partial charge in [0.15, 0.2) is 0 Å². The van der Waals surface area contributed by atoms with Crippen LogP contribution in [0.5, 0.6) is 5.75 Å². The standard InChI is InChI=1S/C9H13NO2S.C2H6/c11-6-9(13)10-5-7-3-1-2-4-8(7)12;1-2/h1-4,9-13H,5-6H2;1-2H3. The maximum Gasteiger partial charge on any atom is 0.120 e. The highest BCUT2D eigenvalue weighted by Gasteiger charge is 2.02. The zero-order chi connectivity index (χ0) is 11.7. The molecule has 15 heavy (non-hydrogen) atoms. The predicted octanol–water partition coefficient (Wildman–Crippen LogP) is 1.76. The van der Waals surface area contributed by atoms with Crippen molar-refractivity contribution in [2.75, 3.05) is 6.61 Å². The van der Waals surface area contributed by atoms with Crippen molar-refractivity contribution in [3.05, 3.63) is 29.8 Å². The van der Waals surface area contributed by atoms with E-state index < -0.39 is 0 Å². The molecule has 0 aliphatic carbocycles. The highest BCUT2D eigenvalue weighted by molar-refractivity contribution is 7.80. The van der Waals surface area contributed by atoms with Gasteiger partial charge in [0.1, 0.15) is 5.75 Å². The van der Waals surface area contributed by atoms with Gasteiger partial charge in [0, 0.05) is 12.1 Å². The summed E-state index contributed by atoms with van der Waals surface area (Å²) in [5, 5.41) is 20.7. The molecule has 3 N–H and O–H groups in total. The molecule has 1 rings (SSSR count). The van der Waals surface area contributed by atoms with Crippen LogP contribution < -0.4 is 5.32 Å². The van der Waals surface area contributed by atoms with E-state index in [0.717, 1.165) is 5.56 Å². The molecule has 0 aromatic heterocycles. The highest BCUT2D eigenvalue weighted by Crippen LogP contribution is 2.15. The lowest BCUT2D eigenvalue weighted by molar-refractivity contribution is 0.280. The van der Waals surface area contributed by atoms with E-state index in [1.54, 1.807) is 12.1 Å². The molecule has 0 aliphatic rings. The Labute approximate surface area is 96.6 Å². The van der Waals surface area contributed by atoms with Crippen LogP contribution in [0.4, 0.5) is 0 Å². The van der Waals surface area contributed by atoms with Crippen LogP contribution in [0.15, 0.2) is 24.3 Å². The van der Waals surface area contributed by atoms with Crippen LogP contribution in [-0.4, -0.2) is 22.2 Å². The van der Waals surface area contributed by atoms with Crippen LogP contribution in [0.3, 0.4) is 0 Å². The minimum absolute atomic E-state index is 0.0310. The predicted molar refractivity (Wildman–Crippen MR) is 66.2 cm³/mol. The van der Waals surface area contributed by atoms with Crippen LogP contribution in [0.2, 0.25) is 0 Å². The molecule has 1 aromatic rings. The number of thiol groups is 1. The Balaban J connectivity index is 0.000000921. The number of hydrogen-bond donors (Lipinski definition) is 4. The van der Waals surface area contributed by atoms with Crippen molar-refractivity contribution >= 4 is 12.6 Å². The minimum Gasteiger partial charge on any atom is -0.508 e.